The maximum absolute atomic E-state index is 13.0. The zero-order chi connectivity index (χ0) is 20.3. The minimum Gasteiger partial charge on any atom is -0.341 e. The fraction of sp³-hybridized carbons (Fsp3) is 0.381. The molecule has 1 fully saturated rings. The number of carbonyl (C=O) groups excluding carboxylic acids is 1. The van der Waals surface area contributed by atoms with E-state index in [1.54, 1.807) is 36.2 Å². The zero-order valence-electron chi connectivity index (χ0n) is 16.1. The fourth-order valence-corrected chi connectivity index (χ4v) is 5.34. The predicted octanol–water partition coefficient (Wildman–Crippen LogP) is 3.82. The van der Waals surface area contributed by atoms with Crippen LogP contribution in [0.25, 0.3) is 0 Å². The first-order valence-corrected chi connectivity index (χ1v) is 11.6. The second-order valence-corrected chi connectivity index (χ2v) is 10.1. The summed E-state index contributed by atoms with van der Waals surface area (Å²) >= 11 is 3.33. The highest BCUT2D eigenvalue weighted by Crippen LogP contribution is 2.26. The lowest BCUT2D eigenvalue weighted by atomic mass is 9.98. The molecule has 0 N–H and O–H groups in total. The lowest BCUT2D eigenvalue weighted by Gasteiger charge is -2.33. The summed E-state index contributed by atoms with van der Waals surface area (Å²) in [7, 11) is -1.81. The molecular weight excluding hydrogens is 440 g/mol. The first kappa shape index (κ1) is 21.0. The van der Waals surface area contributed by atoms with Crippen LogP contribution in [0.4, 0.5) is 0 Å². The Morgan fingerprint density at radius 3 is 2.54 bits per heavy atom. The molecule has 1 amide bonds. The van der Waals surface area contributed by atoms with Gasteiger partial charge in [-0.1, -0.05) is 40.2 Å². The molecule has 0 spiro atoms. The monoisotopic (exact) mass is 464 g/mol. The molecule has 0 aliphatic carbocycles. The van der Waals surface area contributed by atoms with Crippen LogP contribution >= 0.6 is 15.9 Å². The van der Waals surface area contributed by atoms with Crippen molar-refractivity contribution in [2.75, 3.05) is 20.1 Å². The van der Waals surface area contributed by atoms with Crippen molar-refractivity contribution in [2.45, 2.75) is 31.2 Å². The molecule has 2 aromatic carbocycles. The van der Waals surface area contributed by atoms with Gasteiger partial charge in [-0.15, -0.1) is 0 Å². The van der Waals surface area contributed by atoms with Crippen LogP contribution in [0.3, 0.4) is 0 Å². The smallest absolute Gasteiger partial charge is 0.243 e. The average Bonchev–Trinajstić information content (AvgIpc) is 2.69. The zero-order valence-corrected chi connectivity index (χ0v) is 18.5. The van der Waals surface area contributed by atoms with Crippen LogP contribution in [-0.4, -0.2) is 43.7 Å². The SMILES string of the molecule is Cc1ccccc1CN(C)C(=O)C1CCCN(S(=O)(=O)c2ccc(Br)cc2)C1. The largest absolute Gasteiger partial charge is 0.341 e. The van der Waals surface area contributed by atoms with Gasteiger partial charge in [-0.3, -0.25) is 4.79 Å². The number of hydrogen-bond acceptors (Lipinski definition) is 3. The van der Waals surface area contributed by atoms with Crippen molar-refractivity contribution in [1.29, 1.82) is 0 Å². The number of nitrogens with zero attached hydrogens (tertiary/aromatic N) is 2. The van der Waals surface area contributed by atoms with E-state index in [0.29, 0.717) is 25.9 Å². The molecule has 0 saturated carbocycles. The first-order valence-electron chi connectivity index (χ1n) is 9.34. The van der Waals surface area contributed by atoms with Crippen molar-refractivity contribution >= 4 is 31.9 Å². The van der Waals surface area contributed by atoms with Gasteiger partial charge in [-0.05, 0) is 55.2 Å². The molecule has 1 aliphatic heterocycles. The summed E-state index contributed by atoms with van der Waals surface area (Å²) < 4.78 is 28.2. The Bertz CT molecular complexity index is 944. The minimum absolute atomic E-state index is 0.000964. The van der Waals surface area contributed by atoms with Crippen LogP contribution in [0, 0.1) is 12.8 Å². The van der Waals surface area contributed by atoms with Crippen LogP contribution in [0.1, 0.15) is 24.0 Å². The summed E-state index contributed by atoms with van der Waals surface area (Å²) in [5.41, 5.74) is 2.25. The molecular formula is C21H25BrN2O3S. The summed E-state index contributed by atoms with van der Waals surface area (Å²) in [6.45, 7) is 3.24. The molecule has 1 saturated heterocycles. The van der Waals surface area contributed by atoms with Crippen LogP contribution in [0.5, 0.6) is 0 Å². The number of sulfonamides is 1. The summed E-state index contributed by atoms with van der Waals surface area (Å²) in [4.78, 5) is 14.9. The van der Waals surface area contributed by atoms with E-state index in [-0.39, 0.29) is 23.3 Å². The van der Waals surface area contributed by atoms with Crippen molar-refractivity contribution in [3.63, 3.8) is 0 Å². The Hall–Kier alpha value is -1.70. The number of halogens is 1. The number of hydrogen-bond donors (Lipinski definition) is 0. The molecule has 0 bridgehead atoms. The van der Waals surface area contributed by atoms with Gasteiger partial charge < -0.3 is 4.90 Å². The molecule has 1 unspecified atom stereocenters. The molecule has 3 rings (SSSR count). The molecule has 0 aromatic heterocycles. The molecule has 7 heteroatoms. The summed E-state index contributed by atoms with van der Waals surface area (Å²) in [5, 5.41) is 0. The number of carbonyl (C=O) groups is 1. The third kappa shape index (κ3) is 4.64. The van der Waals surface area contributed by atoms with Crippen molar-refractivity contribution in [1.82, 2.24) is 9.21 Å². The van der Waals surface area contributed by atoms with Gasteiger partial charge in [0.15, 0.2) is 0 Å². The number of aryl methyl sites for hydroxylation is 1. The van der Waals surface area contributed by atoms with E-state index in [4.69, 9.17) is 0 Å². The van der Waals surface area contributed by atoms with Gasteiger partial charge in [-0.2, -0.15) is 4.31 Å². The second-order valence-electron chi connectivity index (χ2n) is 7.28. The van der Waals surface area contributed by atoms with Crippen molar-refractivity contribution < 1.29 is 13.2 Å². The Kier molecular flexibility index (Phi) is 6.58. The van der Waals surface area contributed by atoms with Crippen LogP contribution in [-0.2, 0) is 21.4 Å². The molecule has 5 nitrogen and oxygen atoms in total. The van der Waals surface area contributed by atoms with Crippen LogP contribution in [0.2, 0.25) is 0 Å². The summed E-state index contributed by atoms with van der Waals surface area (Å²) in [5.74, 6) is -0.313. The molecule has 28 heavy (non-hydrogen) atoms. The van der Waals surface area contributed by atoms with Crippen LogP contribution < -0.4 is 0 Å². The normalized spacial score (nSPS) is 18.0. The van der Waals surface area contributed by atoms with Crippen LogP contribution in [0.15, 0.2) is 57.9 Å². The van der Waals surface area contributed by atoms with E-state index in [0.717, 1.165) is 15.6 Å². The van der Waals surface area contributed by atoms with Crippen molar-refractivity contribution in [3.8, 4) is 0 Å². The molecule has 1 aliphatic rings. The number of rotatable bonds is 5. The topological polar surface area (TPSA) is 57.7 Å². The van der Waals surface area contributed by atoms with Gasteiger partial charge >= 0.3 is 0 Å². The Labute approximate surface area is 175 Å². The van der Waals surface area contributed by atoms with E-state index < -0.39 is 10.0 Å². The summed E-state index contributed by atoms with van der Waals surface area (Å²) in [6.07, 6.45) is 1.40. The van der Waals surface area contributed by atoms with Gasteiger partial charge in [0, 0.05) is 31.2 Å². The third-order valence-corrected chi connectivity index (χ3v) is 7.64. The Morgan fingerprint density at radius 1 is 1.18 bits per heavy atom. The lowest BCUT2D eigenvalue weighted by Crippen LogP contribution is -2.45. The Balaban J connectivity index is 1.71. The fourth-order valence-electron chi connectivity index (χ4n) is 3.55. The number of benzene rings is 2. The predicted molar refractivity (Wildman–Crippen MR) is 113 cm³/mol. The minimum atomic E-state index is -3.59. The maximum Gasteiger partial charge on any atom is 0.243 e. The number of amides is 1. The molecule has 2 aromatic rings. The van der Waals surface area contributed by atoms with E-state index in [9.17, 15) is 13.2 Å². The summed E-state index contributed by atoms with van der Waals surface area (Å²) in [6, 6.07) is 14.6. The van der Waals surface area contributed by atoms with E-state index in [1.165, 1.54) is 4.31 Å². The third-order valence-electron chi connectivity index (χ3n) is 5.23. The van der Waals surface area contributed by atoms with Gasteiger partial charge in [0.25, 0.3) is 0 Å². The number of piperidine rings is 1. The van der Waals surface area contributed by atoms with Crippen molar-refractivity contribution in [2.24, 2.45) is 5.92 Å². The standard InChI is InChI=1S/C21H25BrN2O3S/c1-16-6-3-4-7-17(16)14-23(2)21(25)18-8-5-13-24(15-18)28(26,27)20-11-9-19(22)10-12-20/h3-4,6-7,9-12,18H,5,8,13-15H2,1-2H3. The lowest BCUT2D eigenvalue weighted by molar-refractivity contribution is -0.135. The van der Waals surface area contributed by atoms with Gasteiger partial charge in [0.1, 0.15) is 0 Å². The highest BCUT2D eigenvalue weighted by molar-refractivity contribution is 9.10. The van der Waals surface area contributed by atoms with Gasteiger partial charge in [0.2, 0.25) is 15.9 Å². The maximum atomic E-state index is 13.0. The van der Waals surface area contributed by atoms with Crippen molar-refractivity contribution in [3.05, 3.63) is 64.1 Å². The van der Waals surface area contributed by atoms with Gasteiger partial charge in [-0.25, -0.2) is 8.42 Å². The quantitative estimate of drug-likeness (QED) is 0.675. The molecule has 0 radical (unpaired) electrons. The molecule has 150 valence electrons. The van der Waals surface area contributed by atoms with E-state index in [1.807, 2.05) is 31.2 Å². The second kappa shape index (κ2) is 8.76. The molecule has 1 heterocycles. The average molecular weight is 465 g/mol. The highest BCUT2D eigenvalue weighted by atomic mass is 79.9. The van der Waals surface area contributed by atoms with E-state index in [2.05, 4.69) is 15.9 Å². The van der Waals surface area contributed by atoms with E-state index >= 15 is 0 Å². The highest BCUT2D eigenvalue weighted by Gasteiger charge is 2.34. The molecule has 1 atom stereocenters. The van der Waals surface area contributed by atoms with Gasteiger partial charge in [0.05, 0.1) is 10.8 Å². The first-order chi connectivity index (χ1) is 13.3. The Morgan fingerprint density at radius 2 is 1.86 bits per heavy atom.